The third-order valence-corrected chi connectivity index (χ3v) is 4.49. The third-order valence-electron chi connectivity index (χ3n) is 2.53. The van der Waals surface area contributed by atoms with Gasteiger partial charge in [0.2, 0.25) is 0 Å². The third kappa shape index (κ3) is 2.98. The molecule has 0 aromatic heterocycles. The van der Waals surface area contributed by atoms with Gasteiger partial charge in [-0.15, -0.1) is 0 Å². The van der Waals surface area contributed by atoms with Gasteiger partial charge in [0.15, 0.2) is 0 Å². The molecular weight excluding hydrogens is 301 g/mol. The minimum atomic E-state index is -4.85. The van der Waals surface area contributed by atoms with Crippen molar-refractivity contribution in [1.29, 1.82) is 0 Å². The summed E-state index contributed by atoms with van der Waals surface area (Å²) >= 11 is 0. The standard InChI is InChI=1S/C10H9NO6S2.Li.H/c11-8-5-9(18(12,13)14)10(19(15,16)17)7-4-2-1-3-6(7)8;;/h1-5H,11H2,(H,12,13,14)(H,15,16,17);;. The van der Waals surface area contributed by atoms with Gasteiger partial charge in [-0.05, 0) is 6.07 Å². The Morgan fingerprint density at radius 2 is 1.40 bits per heavy atom. The Balaban J connectivity index is 0.00000200. The van der Waals surface area contributed by atoms with Gasteiger partial charge in [-0.2, -0.15) is 16.8 Å². The number of rotatable bonds is 2. The molecule has 0 saturated carbocycles. The fourth-order valence-corrected chi connectivity index (χ4v) is 3.83. The second-order valence-electron chi connectivity index (χ2n) is 3.79. The summed E-state index contributed by atoms with van der Waals surface area (Å²) in [6, 6.07) is 6.56. The Morgan fingerprint density at radius 3 is 1.85 bits per heavy atom. The van der Waals surface area contributed by atoms with Gasteiger partial charge in [0.25, 0.3) is 20.2 Å². The summed E-state index contributed by atoms with van der Waals surface area (Å²) in [6.45, 7) is 0. The first kappa shape index (κ1) is 17.0. The fourth-order valence-electron chi connectivity index (χ4n) is 1.81. The Morgan fingerprint density at radius 1 is 0.900 bits per heavy atom. The first-order chi connectivity index (χ1) is 8.62. The molecule has 0 atom stereocenters. The van der Waals surface area contributed by atoms with Crippen molar-refractivity contribution in [1.82, 2.24) is 0 Å². The van der Waals surface area contributed by atoms with E-state index in [1.165, 1.54) is 18.2 Å². The van der Waals surface area contributed by atoms with Crippen LogP contribution in [0.3, 0.4) is 0 Å². The fraction of sp³-hybridized carbons (Fsp3) is 0. The molecule has 0 unspecified atom stereocenters. The predicted molar refractivity (Wildman–Crippen MR) is 75.1 cm³/mol. The van der Waals surface area contributed by atoms with E-state index in [9.17, 15) is 21.4 Å². The molecule has 0 saturated heterocycles. The van der Waals surface area contributed by atoms with Crippen LogP contribution in [0.2, 0.25) is 0 Å². The zero-order chi connectivity index (χ0) is 14.4. The molecule has 0 amide bonds. The second kappa shape index (κ2) is 5.36. The van der Waals surface area contributed by atoms with E-state index in [4.69, 9.17) is 10.3 Å². The Kier molecular flexibility index (Phi) is 4.55. The summed E-state index contributed by atoms with van der Waals surface area (Å²) in [5.74, 6) is 0. The van der Waals surface area contributed by atoms with E-state index in [1.54, 1.807) is 6.07 Å². The quantitative estimate of drug-likeness (QED) is 0.411. The van der Waals surface area contributed by atoms with Gasteiger partial charge in [0.1, 0.15) is 9.79 Å². The van der Waals surface area contributed by atoms with E-state index >= 15 is 0 Å². The molecule has 2 aromatic carbocycles. The molecule has 0 heterocycles. The first-order valence-corrected chi connectivity index (χ1v) is 7.76. The van der Waals surface area contributed by atoms with Gasteiger partial charge in [-0.1, -0.05) is 24.3 Å². The normalized spacial score (nSPS) is 12.1. The number of hydrogen-bond acceptors (Lipinski definition) is 5. The molecule has 104 valence electrons. The van der Waals surface area contributed by atoms with Crippen molar-refractivity contribution < 1.29 is 25.9 Å². The molecular formula is C10H10LiNO6S2. The van der Waals surface area contributed by atoms with Crippen LogP contribution in [-0.2, 0) is 20.2 Å². The molecule has 0 bridgehead atoms. The molecule has 2 aromatic rings. The van der Waals surface area contributed by atoms with Gasteiger partial charge >= 0.3 is 18.9 Å². The zero-order valence-corrected chi connectivity index (χ0v) is 10.9. The Labute approximate surface area is 127 Å². The molecule has 4 N–H and O–H groups in total. The summed E-state index contributed by atoms with van der Waals surface area (Å²) in [6.07, 6.45) is 0. The van der Waals surface area contributed by atoms with Crippen molar-refractivity contribution in [2.75, 3.05) is 5.73 Å². The van der Waals surface area contributed by atoms with Crippen LogP contribution in [0.5, 0.6) is 0 Å². The molecule has 7 nitrogen and oxygen atoms in total. The van der Waals surface area contributed by atoms with Crippen LogP contribution in [0.4, 0.5) is 5.69 Å². The number of hydrogen-bond donors (Lipinski definition) is 3. The Hall–Kier alpha value is -1.08. The van der Waals surface area contributed by atoms with Gasteiger partial charge < -0.3 is 5.73 Å². The number of anilines is 1. The number of benzene rings is 2. The van der Waals surface area contributed by atoms with Gasteiger partial charge in [0, 0.05) is 16.5 Å². The van der Waals surface area contributed by atoms with Gasteiger partial charge in [-0.25, -0.2) is 0 Å². The van der Waals surface area contributed by atoms with Crippen LogP contribution in [0.1, 0.15) is 0 Å². The summed E-state index contributed by atoms with van der Waals surface area (Å²) in [7, 11) is -9.70. The monoisotopic (exact) mass is 311 g/mol. The SMILES string of the molecule is Nc1cc(S(=O)(=O)O)c(S(=O)(=O)O)c2ccccc12.[LiH]. The average molecular weight is 311 g/mol. The summed E-state index contributed by atoms with van der Waals surface area (Å²) < 4.78 is 63.4. The van der Waals surface area contributed by atoms with Crippen LogP contribution < -0.4 is 5.73 Å². The first-order valence-electron chi connectivity index (χ1n) is 4.88. The maximum atomic E-state index is 11.4. The zero-order valence-electron chi connectivity index (χ0n) is 9.31. The van der Waals surface area contributed by atoms with Crippen molar-refractivity contribution in [2.45, 2.75) is 9.79 Å². The summed E-state index contributed by atoms with van der Waals surface area (Å²) in [4.78, 5) is -1.84. The average Bonchev–Trinajstić information content (AvgIpc) is 2.26. The molecule has 2 rings (SSSR count). The van der Waals surface area contributed by atoms with E-state index in [2.05, 4.69) is 0 Å². The van der Waals surface area contributed by atoms with Crippen molar-refractivity contribution in [3.8, 4) is 0 Å². The van der Waals surface area contributed by atoms with Crippen LogP contribution in [-0.4, -0.2) is 44.8 Å². The maximum absolute atomic E-state index is 11.4. The Bertz CT molecular complexity index is 876. The van der Waals surface area contributed by atoms with E-state index in [-0.39, 0.29) is 35.3 Å². The summed E-state index contributed by atoms with van der Waals surface area (Å²) in [5, 5.41) is 0.167. The van der Waals surface area contributed by atoms with Crippen LogP contribution in [0.25, 0.3) is 10.8 Å². The van der Waals surface area contributed by atoms with Crippen LogP contribution in [0.15, 0.2) is 40.1 Å². The van der Waals surface area contributed by atoms with E-state index in [0.29, 0.717) is 0 Å². The minimum absolute atomic E-state index is 0. The summed E-state index contributed by atoms with van der Waals surface area (Å²) in [5.41, 5.74) is 5.58. The molecule has 0 aliphatic carbocycles. The topological polar surface area (TPSA) is 135 Å². The molecule has 20 heavy (non-hydrogen) atoms. The number of nitrogen functional groups attached to an aromatic ring is 1. The van der Waals surface area contributed by atoms with Gasteiger partial charge in [-0.3, -0.25) is 9.11 Å². The molecule has 0 aliphatic heterocycles. The molecule has 0 radical (unpaired) electrons. The van der Waals surface area contributed by atoms with Crippen molar-refractivity contribution >= 4 is 55.6 Å². The number of nitrogens with two attached hydrogens (primary N) is 1. The van der Waals surface area contributed by atoms with Crippen LogP contribution >= 0.6 is 0 Å². The second-order valence-corrected chi connectivity index (χ2v) is 6.54. The van der Waals surface area contributed by atoms with Gasteiger partial charge in [0.05, 0.1) is 0 Å². The van der Waals surface area contributed by atoms with Crippen molar-refractivity contribution in [2.24, 2.45) is 0 Å². The molecule has 10 heteroatoms. The molecule has 0 fully saturated rings. The molecule has 0 spiro atoms. The number of fused-ring (bicyclic) bond motifs is 1. The van der Waals surface area contributed by atoms with Crippen molar-refractivity contribution in [3.63, 3.8) is 0 Å². The van der Waals surface area contributed by atoms with Crippen LogP contribution in [0, 0.1) is 0 Å². The molecule has 0 aliphatic rings. The van der Waals surface area contributed by atoms with E-state index < -0.39 is 30.0 Å². The van der Waals surface area contributed by atoms with E-state index in [0.717, 1.165) is 6.07 Å². The van der Waals surface area contributed by atoms with Crippen molar-refractivity contribution in [3.05, 3.63) is 30.3 Å². The van der Waals surface area contributed by atoms with E-state index in [1.807, 2.05) is 0 Å². The predicted octanol–water partition coefficient (Wildman–Crippen LogP) is 0.267.